The molecule has 0 atom stereocenters. The molecule has 3 N–H and O–H groups in total. The zero-order valence-electron chi connectivity index (χ0n) is 10.7. The lowest BCUT2D eigenvalue weighted by Gasteiger charge is -2.21. The standard InChI is InChI=1S/C7H13BrN2O2.C5H10/c1-3-7(8,4-2)5(11)10-6(9)12;1-2-4-5-3-1/h3-4H2,1-2H3,(H3,9,10,11,12);1-5H2. The molecule has 0 unspecified atom stereocenters. The number of rotatable bonds is 3. The molecule has 0 aliphatic heterocycles. The summed E-state index contributed by atoms with van der Waals surface area (Å²) >= 11 is 3.26. The van der Waals surface area contributed by atoms with E-state index in [4.69, 9.17) is 5.73 Å². The fourth-order valence-electron chi connectivity index (χ4n) is 1.68. The molecule has 0 saturated heterocycles. The maximum atomic E-state index is 11.3. The van der Waals surface area contributed by atoms with E-state index in [1.807, 2.05) is 19.2 Å². The van der Waals surface area contributed by atoms with E-state index in [0.29, 0.717) is 12.8 Å². The summed E-state index contributed by atoms with van der Waals surface area (Å²) in [7, 11) is 0. The highest BCUT2D eigenvalue weighted by atomic mass is 79.9. The van der Waals surface area contributed by atoms with Crippen LogP contribution < -0.4 is 11.1 Å². The third-order valence-corrected chi connectivity index (χ3v) is 4.50. The molecule has 0 aromatic rings. The lowest BCUT2D eigenvalue weighted by atomic mass is 10.0. The molecule has 17 heavy (non-hydrogen) atoms. The molecule has 1 fully saturated rings. The van der Waals surface area contributed by atoms with Crippen LogP contribution in [0.1, 0.15) is 58.8 Å². The quantitative estimate of drug-likeness (QED) is 0.786. The number of halogens is 1. The molecular formula is C12H23BrN2O2. The van der Waals surface area contributed by atoms with Gasteiger partial charge in [-0.25, -0.2) is 4.79 Å². The lowest BCUT2D eigenvalue weighted by molar-refractivity contribution is -0.122. The van der Waals surface area contributed by atoms with Gasteiger partial charge in [0, 0.05) is 0 Å². The monoisotopic (exact) mass is 306 g/mol. The normalized spacial score (nSPS) is 14.8. The highest BCUT2D eigenvalue weighted by molar-refractivity contribution is 9.10. The van der Waals surface area contributed by atoms with Gasteiger partial charge in [0.05, 0.1) is 0 Å². The first-order chi connectivity index (χ1) is 7.96. The molecule has 0 spiro atoms. The van der Waals surface area contributed by atoms with Crippen molar-refractivity contribution in [3.63, 3.8) is 0 Å². The molecule has 0 bridgehead atoms. The number of imide groups is 1. The second-order valence-corrected chi connectivity index (χ2v) is 5.78. The van der Waals surface area contributed by atoms with E-state index < -0.39 is 10.4 Å². The van der Waals surface area contributed by atoms with Gasteiger partial charge in [-0.2, -0.15) is 0 Å². The Hall–Kier alpha value is -0.580. The van der Waals surface area contributed by atoms with E-state index >= 15 is 0 Å². The molecule has 0 heterocycles. The lowest BCUT2D eigenvalue weighted by Crippen LogP contribution is -2.46. The van der Waals surface area contributed by atoms with Crippen molar-refractivity contribution in [3.05, 3.63) is 0 Å². The van der Waals surface area contributed by atoms with Gasteiger partial charge in [-0.3, -0.25) is 10.1 Å². The first-order valence-electron chi connectivity index (χ1n) is 6.26. The molecule has 1 rings (SSSR count). The summed E-state index contributed by atoms with van der Waals surface area (Å²) in [5, 5.41) is 2.04. The smallest absolute Gasteiger partial charge is 0.318 e. The van der Waals surface area contributed by atoms with Gasteiger partial charge < -0.3 is 5.73 Å². The first kappa shape index (κ1) is 16.4. The third kappa shape index (κ3) is 6.66. The van der Waals surface area contributed by atoms with Gasteiger partial charge in [0.15, 0.2) is 0 Å². The number of primary amides is 1. The van der Waals surface area contributed by atoms with Gasteiger partial charge in [-0.05, 0) is 12.8 Å². The number of alkyl halides is 1. The SMILES string of the molecule is C1CCCC1.CCC(Br)(CC)C(=O)NC(N)=O. The van der Waals surface area contributed by atoms with Gasteiger partial charge in [-0.15, -0.1) is 0 Å². The Morgan fingerprint density at radius 1 is 1.12 bits per heavy atom. The highest BCUT2D eigenvalue weighted by Crippen LogP contribution is 2.26. The number of nitrogens with two attached hydrogens (primary N) is 1. The predicted octanol–water partition coefficient (Wildman–Crippen LogP) is 3.09. The summed E-state index contributed by atoms with van der Waals surface area (Å²) in [5.41, 5.74) is 4.81. The molecule has 0 radical (unpaired) electrons. The molecule has 0 aromatic heterocycles. The van der Waals surface area contributed by atoms with Crippen LogP contribution in [0.3, 0.4) is 0 Å². The highest BCUT2D eigenvalue weighted by Gasteiger charge is 2.32. The van der Waals surface area contributed by atoms with Gasteiger partial charge in [0.1, 0.15) is 4.32 Å². The Bertz CT molecular complexity index is 241. The topological polar surface area (TPSA) is 72.2 Å². The summed E-state index contributed by atoms with van der Waals surface area (Å²) in [5.74, 6) is -0.375. The Morgan fingerprint density at radius 2 is 1.47 bits per heavy atom. The zero-order valence-corrected chi connectivity index (χ0v) is 12.3. The van der Waals surface area contributed by atoms with E-state index in [2.05, 4.69) is 15.9 Å². The van der Waals surface area contributed by atoms with E-state index in [1.54, 1.807) is 0 Å². The summed E-state index contributed by atoms with van der Waals surface area (Å²) in [6.07, 6.45) is 8.73. The van der Waals surface area contributed by atoms with Crippen LogP contribution in [0, 0.1) is 0 Å². The number of hydrogen-bond donors (Lipinski definition) is 2. The van der Waals surface area contributed by atoms with Crippen LogP contribution in [0.2, 0.25) is 0 Å². The van der Waals surface area contributed by atoms with Gasteiger partial charge in [-0.1, -0.05) is 61.9 Å². The van der Waals surface area contributed by atoms with Gasteiger partial charge in [0.25, 0.3) is 0 Å². The second kappa shape index (κ2) is 8.50. The largest absolute Gasteiger partial charge is 0.351 e. The summed E-state index contributed by atoms with van der Waals surface area (Å²) in [4.78, 5) is 21.6. The van der Waals surface area contributed by atoms with Crippen molar-refractivity contribution in [1.29, 1.82) is 0 Å². The van der Waals surface area contributed by atoms with E-state index in [9.17, 15) is 9.59 Å². The first-order valence-corrected chi connectivity index (χ1v) is 7.05. The maximum absolute atomic E-state index is 11.3. The number of carbonyl (C=O) groups excluding carboxylic acids is 2. The summed E-state index contributed by atoms with van der Waals surface area (Å²) in [6, 6.07) is -0.814. The van der Waals surface area contributed by atoms with Crippen molar-refractivity contribution in [3.8, 4) is 0 Å². The van der Waals surface area contributed by atoms with Crippen molar-refractivity contribution in [2.45, 2.75) is 63.1 Å². The molecule has 5 heteroatoms. The van der Waals surface area contributed by atoms with Crippen molar-refractivity contribution in [2.75, 3.05) is 0 Å². The summed E-state index contributed by atoms with van der Waals surface area (Å²) in [6.45, 7) is 3.72. The van der Waals surface area contributed by atoms with Crippen LogP contribution in [0.15, 0.2) is 0 Å². The van der Waals surface area contributed by atoms with Crippen LogP contribution in [-0.4, -0.2) is 16.3 Å². The third-order valence-electron chi connectivity index (χ3n) is 3.01. The maximum Gasteiger partial charge on any atom is 0.318 e. The number of carbonyl (C=O) groups is 2. The Kier molecular flexibility index (Phi) is 8.21. The van der Waals surface area contributed by atoms with Crippen molar-refractivity contribution >= 4 is 27.9 Å². The summed E-state index contributed by atoms with van der Waals surface area (Å²) < 4.78 is -0.665. The minimum Gasteiger partial charge on any atom is -0.351 e. The molecule has 1 saturated carbocycles. The molecular weight excluding hydrogens is 284 g/mol. The Morgan fingerprint density at radius 3 is 1.71 bits per heavy atom. The van der Waals surface area contributed by atoms with Crippen LogP contribution in [0.25, 0.3) is 0 Å². The molecule has 0 aromatic carbocycles. The average Bonchev–Trinajstić information content (AvgIpc) is 2.85. The number of urea groups is 1. The second-order valence-electron chi connectivity index (χ2n) is 4.26. The van der Waals surface area contributed by atoms with E-state index in [1.165, 1.54) is 32.1 Å². The van der Waals surface area contributed by atoms with Crippen LogP contribution in [-0.2, 0) is 4.79 Å². The minimum absolute atomic E-state index is 0.375. The zero-order chi connectivity index (χ0) is 13.3. The van der Waals surface area contributed by atoms with E-state index in [-0.39, 0.29) is 5.91 Å². The molecule has 4 nitrogen and oxygen atoms in total. The van der Waals surface area contributed by atoms with Crippen LogP contribution >= 0.6 is 15.9 Å². The predicted molar refractivity (Wildman–Crippen MR) is 73.1 cm³/mol. The fourth-order valence-corrected chi connectivity index (χ4v) is 1.78. The Balaban J connectivity index is 0.000000419. The molecule has 1 aliphatic carbocycles. The Labute approximate surface area is 112 Å². The van der Waals surface area contributed by atoms with Crippen LogP contribution in [0.5, 0.6) is 0 Å². The van der Waals surface area contributed by atoms with Crippen molar-refractivity contribution in [1.82, 2.24) is 5.32 Å². The van der Waals surface area contributed by atoms with Gasteiger partial charge in [0.2, 0.25) is 5.91 Å². The van der Waals surface area contributed by atoms with E-state index in [0.717, 1.165) is 0 Å². The van der Waals surface area contributed by atoms with Crippen molar-refractivity contribution < 1.29 is 9.59 Å². The van der Waals surface area contributed by atoms with Crippen molar-refractivity contribution in [2.24, 2.45) is 5.73 Å². The number of hydrogen-bond acceptors (Lipinski definition) is 2. The minimum atomic E-state index is -0.814. The fraction of sp³-hybridized carbons (Fsp3) is 0.833. The average molecular weight is 307 g/mol. The molecule has 100 valence electrons. The number of amides is 3. The van der Waals surface area contributed by atoms with Crippen LogP contribution in [0.4, 0.5) is 4.79 Å². The van der Waals surface area contributed by atoms with Gasteiger partial charge >= 0.3 is 6.03 Å². The number of nitrogens with one attached hydrogen (secondary N) is 1. The molecule has 3 amide bonds. The molecule has 1 aliphatic rings.